The molecule has 2 atom stereocenters. The van der Waals surface area contributed by atoms with Crippen LogP contribution in [0.5, 0.6) is 5.75 Å². The molecular formula is C16H17FN4O5S2. The Morgan fingerprint density at radius 3 is 2.75 bits per heavy atom. The Balaban J connectivity index is 1.76. The number of hydrogen-bond donors (Lipinski definition) is 0. The van der Waals surface area contributed by atoms with Crippen molar-refractivity contribution in [3.05, 3.63) is 30.1 Å². The standard InChI is InChI=1S/C16H17FN4O5S2/c1-3-28(24)14-19-18-13(27-14)21-12(8-9-20(2)15(21)22)26-16(23)25-11-6-4-10(17)5-7-11/h4-7,12H,3,8-9H2,1-2H3. The topological polar surface area (TPSA) is 102 Å². The summed E-state index contributed by atoms with van der Waals surface area (Å²) in [7, 11) is 0.291. The van der Waals surface area contributed by atoms with Crippen molar-refractivity contribution in [3.8, 4) is 5.75 Å². The molecule has 0 spiro atoms. The highest BCUT2D eigenvalue weighted by atomic mass is 32.2. The molecule has 9 nitrogen and oxygen atoms in total. The van der Waals surface area contributed by atoms with Gasteiger partial charge in [-0.15, -0.1) is 10.2 Å². The number of amides is 2. The molecule has 0 saturated carbocycles. The van der Waals surface area contributed by atoms with Crippen LogP contribution in [0.25, 0.3) is 0 Å². The lowest BCUT2D eigenvalue weighted by molar-refractivity contribution is 0.0434. The van der Waals surface area contributed by atoms with E-state index in [1.807, 2.05) is 0 Å². The predicted molar refractivity (Wildman–Crippen MR) is 99.3 cm³/mol. The third-order valence-corrected chi connectivity index (χ3v) is 6.36. The molecular weight excluding hydrogens is 411 g/mol. The van der Waals surface area contributed by atoms with E-state index in [1.54, 1.807) is 14.0 Å². The van der Waals surface area contributed by atoms with E-state index >= 15 is 0 Å². The zero-order chi connectivity index (χ0) is 20.3. The lowest BCUT2D eigenvalue weighted by Crippen LogP contribution is -2.55. The summed E-state index contributed by atoms with van der Waals surface area (Å²) >= 11 is 0.997. The number of anilines is 1. The molecule has 2 heterocycles. The monoisotopic (exact) mass is 428 g/mol. The molecule has 1 aromatic heterocycles. The molecule has 150 valence electrons. The fourth-order valence-corrected chi connectivity index (χ4v) is 4.34. The van der Waals surface area contributed by atoms with Crippen LogP contribution in [-0.4, -0.2) is 57.1 Å². The summed E-state index contributed by atoms with van der Waals surface area (Å²) in [5, 5.41) is 7.96. The van der Waals surface area contributed by atoms with E-state index in [1.165, 1.54) is 21.9 Å². The zero-order valence-corrected chi connectivity index (χ0v) is 16.7. The molecule has 1 saturated heterocycles. The van der Waals surface area contributed by atoms with Gasteiger partial charge in [-0.3, -0.25) is 4.21 Å². The molecule has 0 radical (unpaired) electrons. The Kier molecular flexibility index (Phi) is 6.19. The number of benzene rings is 1. The average molecular weight is 428 g/mol. The van der Waals surface area contributed by atoms with Crippen molar-refractivity contribution >= 4 is 39.5 Å². The summed E-state index contributed by atoms with van der Waals surface area (Å²) in [6.45, 7) is 2.10. The lowest BCUT2D eigenvalue weighted by atomic mass is 10.3. The van der Waals surface area contributed by atoms with Crippen LogP contribution in [0.15, 0.2) is 28.6 Å². The van der Waals surface area contributed by atoms with Gasteiger partial charge in [0, 0.05) is 25.8 Å². The Morgan fingerprint density at radius 1 is 1.36 bits per heavy atom. The van der Waals surface area contributed by atoms with E-state index < -0.39 is 35.0 Å². The normalized spacial score (nSPS) is 18.1. The van der Waals surface area contributed by atoms with E-state index in [9.17, 15) is 18.2 Å². The van der Waals surface area contributed by atoms with Gasteiger partial charge in [0.1, 0.15) is 11.6 Å². The van der Waals surface area contributed by atoms with Crippen LogP contribution < -0.4 is 9.64 Å². The highest BCUT2D eigenvalue weighted by molar-refractivity contribution is 7.87. The highest BCUT2D eigenvalue weighted by Gasteiger charge is 2.38. The highest BCUT2D eigenvalue weighted by Crippen LogP contribution is 2.29. The number of rotatable bonds is 5. The number of halogens is 1. The molecule has 0 N–H and O–H groups in total. The third kappa shape index (κ3) is 4.44. The Morgan fingerprint density at radius 2 is 2.07 bits per heavy atom. The fourth-order valence-electron chi connectivity index (χ4n) is 2.40. The maximum Gasteiger partial charge on any atom is 0.515 e. The molecule has 12 heteroatoms. The first-order valence-electron chi connectivity index (χ1n) is 8.29. The minimum absolute atomic E-state index is 0.105. The van der Waals surface area contributed by atoms with Crippen LogP contribution in [0.1, 0.15) is 13.3 Å². The molecule has 1 aromatic carbocycles. The number of hydrogen-bond acceptors (Lipinski definition) is 8. The van der Waals surface area contributed by atoms with E-state index in [2.05, 4.69) is 10.2 Å². The van der Waals surface area contributed by atoms with Gasteiger partial charge in [-0.05, 0) is 24.3 Å². The van der Waals surface area contributed by atoms with Crippen molar-refractivity contribution in [3.63, 3.8) is 0 Å². The number of aromatic nitrogens is 2. The van der Waals surface area contributed by atoms with Gasteiger partial charge < -0.3 is 14.4 Å². The predicted octanol–water partition coefficient (Wildman–Crippen LogP) is 2.61. The summed E-state index contributed by atoms with van der Waals surface area (Å²) in [6, 6.07) is 4.42. The number of carbonyl (C=O) groups is 2. The Labute approximate surface area is 166 Å². The summed E-state index contributed by atoms with van der Waals surface area (Å²) in [6.07, 6.45) is -1.69. The smallest absolute Gasteiger partial charge is 0.409 e. The molecule has 1 aliphatic rings. The van der Waals surface area contributed by atoms with Gasteiger partial charge in [0.05, 0.1) is 10.8 Å². The second-order valence-electron chi connectivity index (χ2n) is 5.73. The first-order valence-corrected chi connectivity index (χ1v) is 10.4. The van der Waals surface area contributed by atoms with Gasteiger partial charge in [-0.2, -0.15) is 0 Å². The summed E-state index contributed by atoms with van der Waals surface area (Å²) < 4.78 is 35.5. The van der Waals surface area contributed by atoms with Gasteiger partial charge in [-0.25, -0.2) is 18.9 Å². The van der Waals surface area contributed by atoms with Crippen LogP contribution >= 0.6 is 11.3 Å². The van der Waals surface area contributed by atoms with E-state index in [0.29, 0.717) is 18.7 Å². The summed E-state index contributed by atoms with van der Waals surface area (Å²) in [5.41, 5.74) is 0. The second kappa shape index (κ2) is 8.61. The maximum atomic E-state index is 12.9. The van der Waals surface area contributed by atoms with Crippen molar-refractivity contribution in [1.29, 1.82) is 0 Å². The van der Waals surface area contributed by atoms with E-state index in [4.69, 9.17) is 9.47 Å². The largest absolute Gasteiger partial charge is 0.515 e. The van der Waals surface area contributed by atoms with Crippen molar-refractivity contribution in [1.82, 2.24) is 15.1 Å². The fraction of sp³-hybridized carbons (Fsp3) is 0.375. The molecule has 1 aliphatic heterocycles. The average Bonchev–Trinajstić information content (AvgIpc) is 3.16. The molecule has 3 rings (SSSR count). The number of ether oxygens (including phenoxy) is 2. The van der Waals surface area contributed by atoms with Crippen molar-refractivity contribution in [2.24, 2.45) is 0 Å². The van der Waals surface area contributed by atoms with E-state index in [-0.39, 0.29) is 15.2 Å². The number of carbonyl (C=O) groups excluding carboxylic acids is 2. The Bertz CT molecular complexity index is 891. The molecule has 0 bridgehead atoms. The molecule has 28 heavy (non-hydrogen) atoms. The molecule has 2 amide bonds. The SMILES string of the molecule is CCS(=O)c1nnc(N2C(=O)N(C)CCC2OC(=O)Oc2ccc(F)cc2)s1. The second-order valence-corrected chi connectivity index (χ2v) is 8.60. The minimum atomic E-state index is -1.31. The Hall–Kier alpha value is -2.60. The maximum absolute atomic E-state index is 12.9. The number of nitrogens with zero attached hydrogens (tertiary/aromatic N) is 4. The van der Waals surface area contributed by atoms with Gasteiger partial charge >= 0.3 is 12.2 Å². The first kappa shape index (κ1) is 20.1. The van der Waals surface area contributed by atoms with Crippen molar-refractivity contribution in [2.45, 2.75) is 23.9 Å². The lowest BCUT2D eigenvalue weighted by Gasteiger charge is -2.36. The van der Waals surface area contributed by atoms with Crippen LogP contribution in [0.4, 0.5) is 19.1 Å². The van der Waals surface area contributed by atoms with Gasteiger partial charge in [0.2, 0.25) is 9.47 Å². The minimum Gasteiger partial charge on any atom is -0.409 e. The van der Waals surface area contributed by atoms with Gasteiger partial charge in [0.15, 0.2) is 6.23 Å². The van der Waals surface area contributed by atoms with Crippen LogP contribution in [0.3, 0.4) is 0 Å². The molecule has 0 aliphatic carbocycles. The zero-order valence-electron chi connectivity index (χ0n) is 15.0. The third-order valence-electron chi connectivity index (χ3n) is 3.84. The van der Waals surface area contributed by atoms with Crippen LogP contribution in [0.2, 0.25) is 0 Å². The van der Waals surface area contributed by atoms with Crippen molar-refractivity contribution < 1.29 is 27.7 Å². The van der Waals surface area contributed by atoms with Crippen molar-refractivity contribution in [2.75, 3.05) is 24.2 Å². The quantitative estimate of drug-likeness (QED) is 0.410. The van der Waals surface area contributed by atoms with Crippen LogP contribution in [0, 0.1) is 5.82 Å². The van der Waals surface area contributed by atoms with E-state index in [0.717, 1.165) is 23.5 Å². The summed E-state index contributed by atoms with van der Waals surface area (Å²) in [4.78, 5) is 27.4. The number of urea groups is 1. The molecule has 2 aromatic rings. The molecule has 2 unspecified atom stereocenters. The first-order chi connectivity index (χ1) is 13.4. The van der Waals surface area contributed by atoms with Gasteiger partial charge in [0.25, 0.3) is 0 Å². The van der Waals surface area contributed by atoms with Crippen LogP contribution in [-0.2, 0) is 15.5 Å². The van der Waals surface area contributed by atoms with Gasteiger partial charge in [-0.1, -0.05) is 18.3 Å². The molecule has 1 fully saturated rings. The summed E-state index contributed by atoms with van der Waals surface area (Å²) in [5.74, 6) is 0.00459.